The van der Waals surface area contributed by atoms with Crippen LogP contribution in [0.1, 0.15) is 16.8 Å². The molecule has 1 nitrogen and oxygen atoms in total. The first-order valence-corrected chi connectivity index (χ1v) is 9.87. The fraction of sp³-hybridized carbons (Fsp3) is 0. The molecule has 0 spiro atoms. The van der Waals surface area contributed by atoms with Crippen LogP contribution in [-0.2, 0) is 0 Å². The lowest BCUT2D eigenvalue weighted by Crippen LogP contribution is -1.92. The van der Waals surface area contributed by atoms with Crippen molar-refractivity contribution in [3.8, 4) is 11.1 Å². The Kier molecular flexibility index (Phi) is 4.56. The SMILES string of the molecule is C(=C(c1ccccc1)c1ccccc1)c1cccc2cc(-c3ccccc3)cn12. The maximum absolute atomic E-state index is 2.28. The van der Waals surface area contributed by atoms with Crippen molar-refractivity contribution in [3.05, 3.63) is 138 Å². The third kappa shape index (κ3) is 3.51. The molecule has 5 rings (SSSR count). The van der Waals surface area contributed by atoms with E-state index in [1.807, 2.05) is 0 Å². The van der Waals surface area contributed by atoms with Gasteiger partial charge in [-0.15, -0.1) is 0 Å². The van der Waals surface area contributed by atoms with Crippen molar-refractivity contribution in [1.29, 1.82) is 0 Å². The second-order valence-corrected chi connectivity index (χ2v) is 7.13. The number of benzene rings is 3. The first-order chi connectivity index (χ1) is 14.4. The highest BCUT2D eigenvalue weighted by Crippen LogP contribution is 2.28. The van der Waals surface area contributed by atoms with Crippen molar-refractivity contribution in [2.45, 2.75) is 0 Å². The molecule has 0 saturated carbocycles. The van der Waals surface area contributed by atoms with Gasteiger partial charge in [-0.3, -0.25) is 0 Å². The van der Waals surface area contributed by atoms with Gasteiger partial charge in [0.2, 0.25) is 0 Å². The molecule has 0 N–H and O–H groups in total. The van der Waals surface area contributed by atoms with E-state index in [0.717, 1.165) is 5.69 Å². The molecule has 29 heavy (non-hydrogen) atoms. The van der Waals surface area contributed by atoms with E-state index < -0.39 is 0 Å². The van der Waals surface area contributed by atoms with E-state index in [2.05, 4.69) is 132 Å². The maximum atomic E-state index is 2.28. The first kappa shape index (κ1) is 17.3. The highest BCUT2D eigenvalue weighted by atomic mass is 14.9. The minimum absolute atomic E-state index is 1.16. The predicted octanol–water partition coefficient (Wildman–Crippen LogP) is 7.20. The van der Waals surface area contributed by atoms with Gasteiger partial charge in [0.1, 0.15) is 0 Å². The Morgan fingerprint density at radius 1 is 0.552 bits per heavy atom. The van der Waals surface area contributed by atoms with Crippen LogP contribution in [0.3, 0.4) is 0 Å². The quantitative estimate of drug-likeness (QED) is 0.315. The van der Waals surface area contributed by atoms with E-state index >= 15 is 0 Å². The minimum atomic E-state index is 1.16. The van der Waals surface area contributed by atoms with E-state index in [1.54, 1.807) is 0 Å². The number of fused-ring (bicyclic) bond motifs is 1. The van der Waals surface area contributed by atoms with Gasteiger partial charge in [0.05, 0.1) is 0 Å². The molecule has 0 aliphatic rings. The summed E-state index contributed by atoms with van der Waals surface area (Å²) in [7, 11) is 0. The van der Waals surface area contributed by atoms with Crippen LogP contribution < -0.4 is 0 Å². The van der Waals surface area contributed by atoms with Crippen molar-refractivity contribution in [2.24, 2.45) is 0 Å². The molecular weight excluding hydrogens is 350 g/mol. The maximum Gasteiger partial charge on any atom is 0.0462 e. The molecule has 0 fully saturated rings. The summed E-state index contributed by atoms with van der Waals surface area (Å²) in [6.45, 7) is 0. The molecule has 0 aliphatic carbocycles. The zero-order valence-corrected chi connectivity index (χ0v) is 16.1. The average molecular weight is 371 g/mol. The number of hydrogen-bond donors (Lipinski definition) is 0. The van der Waals surface area contributed by atoms with Gasteiger partial charge >= 0.3 is 0 Å². The van der Waals surface area contributed by atoms with E-state index in [4.69, 9.17) is 0 Å². The van der Waals surface area contributed by atoms with Gasteiger partial charge in [-0.2, -0.15) is 0 Å². The van der Waals surface area contributed by atoms with Gasteiger partial charge in [0.15, 0.2) is 0 Å². The summed E-state index contributed by atoms with van der Waals surface area (Å²) in [4.78, 5) is 0. The Hall–Kier alpha value is -3.84. The van der Waals surface area contributed by atoms with E-state index in [-0.39, 0.29) is 0 Å². The van der Waals surface area contributed by atoms with Crippen LogP contribution in [0.4, 0.5) is 0 Å². The van der Waals surface area contributed by atoms with E-state index in [1.165, 1.54) is 33.3 Å². The second-order valence-electron chi connectivity index (χ2n) is 7.13. The van der Waals surface area contributed by atoms with Crippen molar-refractivity contribution < 1.29 is 0 Å². The molecule has 0 aliphatic heterocycles. The van der Waals surface area contributed by atoms with E-state index in [9.17, 15) is 0 Å². The molecule has 2 heterocycles. The normalized spacial score (nSPS) is 10.8. The molecule has 3 aromatic carbocycles. The lowest BCUT2D eigenvalue weighted by molar-refractivity contribution is 1.17. The summed E-state index contributed by atoms with van der Waals surface area (Å²) in [5, 5.41) is 0. The molecule has 0 atom stereocenters. The molecule has 5 aromatic rings. The Morgan fingerprint density at radius 2 is 1.14 bits per heavy atom. The summed E-state index contributed by atoms with van der Waals surface area (Å²) in [5.41, 5.74) is 8.46. The second kappa shape index (κ2) is 7.65. The van der Waals surface area contributed by atoms with Crippen molar-refractivity contribution in [2.75, 3.05) is 0 Å². The van der Waals surface area contributed by atoms with Gasteiger partial charge in [0, 0.05) is 23.0 Å². The molecule has 2 aromatic heterocycles. The molecule has 1 heteroatoms. The van der Waals surface area contributed by atoms with Crippen LogP contribution >= 0.6 is 0 Å². The molecule has 138 valence electrons. The molecule has 0 radical (unpaired) electrons. The van der Waals surface area contributed by atoms with Crippen LogP contribution in [0.5, 0.6) is 0 Å². The van der Waals surface area contributed by atoms with Gasteiger partial charge in [-0.1, -0.05) is 97.1 Å². The van der Waals surface area contributed by atoms with Gasteiger partial charge in [-0.25, -0.2) is 0 Å². The number of rotatable bonds is 4. The zero-order valence-electron chi connectivity index (χ0n) is 16.1. The molecule has 0 unspecified atom stereocenters. The lowest BCUT2D eigenvalue weighted by Gasteiger charge is -2.10. The fourth-order valence-electron chi connectivity index (χ4n) is 3.78. The molecular formula is C28H21N. The van der Waals surface area contributed by atoms with Crippen LogP contribution in [0, 0.1) is 0 Å². The molecule has 0 bridgehead atoms. The van der Waals surface area contributed by atoms with Crippen LogP contribution in [0.15, 0.2) is 121 Å². The smallest absolute Gasteiger partial charge is 0.0462 e. The monoisotopic (exact) mass is 371 g/mol. The Labute approximate surface area is 171 Å². The van der Waals surface area contributed by atoms with Crippen LogP contribution in [0.25, 0.3) is 28.3 Å². The number of aromatic nitrogens is 1. The number of hydrogen-bond acceptors (Lipinski definition) is 0. The average Bonchev–Trinajstić information content (AvgIpc) is 3.24. The summed E-state index contributed by atoms with van der Waals surface area (Å²) >= 11 is 0. The Morgan fingerprint density at radius 3 is 1.76 bits per heavy atom. The highest BCUT2D eigenvalue weighted by Gasteiger charge is 2.08. The third-order valence-corrected chi connectivity index (χ3v) is 5.23. The van der Waals surface area contributed by atoms with Gasteiger partial charge in [-0.05, 0) is 46.5 Å². The van der Waals surface area contributed by atoms with Gasteiger partial charge in [0.25, 0.3) is 0 Å². The largest absolute Gasteiger partial charge is 0.317 e. The number of nitrogens with zero attached hydrogens (tertiary/aromatic N) is 1. The first-order valence-electron chi connectivity index (χ1n) is 9.87. The summed E-state index contributed by atoms with van der Waals surface area (Å²) in [5.74, 6) is 0. The van der Waals surface area contributed by atoms with Gasteiger partial charge < -0.3 is 4.40 Å². The summed E-state index contributed by atoms with van der Waals surface area (Å²) < 4.78 is 2.27. The van der Waals surface area contributed by atoms with Crippen LogP contribution in [-0.4, -0.2) is 4.40 Å². The molecule has 0 saturated heterocycles. The van der Waals surface area contributed by atoms with Crippen molar-refractivity contribution in [3.63, 3.8) is 0 Å². The minimum Gasteiger partial charge on any atom is -0.317 e. The molecule has 0 amide bonds. The van der Waals surface area contributed by atoms with Crippen molar-refractivity contribution in [1.82, 2.24) is 4.40 Å². The zero-order chi connectivity index (χ0) is 19.5. The highest BCUT2D eigenvalue weighted by molar-refractivity contribution is 5.91. The standard InChI is InChI=1S/C28H21N/c1-4-11-22(12-5-1)25-19-26-17-10-18-27(29(26)21-25)20-28(23-13-6-2-7-14-23)24-15-8-3-9-16-24/h1-21H. The fourth-order valence-corrected chi connectivity index (χ4v) is 3.78. The summed E-state index contributed by atoms with van der Waals surface area (Å²) in [6.07, 6.45) is 4.51. The summed E-state index contributed by atoms with van der Waals surface area (Å²) in [6, 6.07) is 40.4. The Bertz CT molecular complexity index is 1220. The predicted molar refractivity (Wildman–Crippen MR) is 123 cm³/mol. The number of pyridine rings is 1. The Balaban J connectivity index is 1.69. The van der Waals surface area contributed by atoms with Crippen molar-refractivity contribution >= 4 is 17.2 Å². The lowest BCUT2D eigenvalue weighted by atomic mass is 9.97. The van der Waals surface area contributed by atoms with E-state index in [0.29, 0.717) is 0 Å². The van der Waals surface area contributed by atoms with Crippen LogP contribution in [0.2, 0.25) is 0 Å². The topological polar surface area (TPSA) is 4.41 Å². The third-order valence-electron chi connectivity index (χ3n) is 5.23.